The Morgan fingerprint density at radius 3 is 2.95 bits per heavy atom. The van der Waals surface area contributed by atoms with Crippen molar-refractivity contribution in [3.8, 4) is 0 Å². The molecule has 1 aliphatic heterocycles. The van der Waals surface area contributed by atoms with Gasteiger partial charge in [0, 0.05) is 30.9 Å². The summed E-state index contributed by atoms with van der Waals surface area (Å²) in [6, 6.07) is 3.41. The van der Waals surface area contributed by atoms with Crippen LogP contribution in [0.15, 0.2) is 26.3 Å². The molecule has 3 rings (SSSR count). The molecule has 9 heteroatoms. The number of thiophene rings is 1. The van der Waals surface area contributed by atoms with Crippen LogP contribution in [0.4, 0.5) is 0 Å². The first-order valence-electron chi connectivity index (χ1n) is 6.43. The number of nitrogens with zero attached hydrogens (tertiary/aromatic N) is 2. The minimum Gasteiger partial charge on any atom is -0.282 e. The van der Waals surface area contributed by atoms with Gasteiger partial charge in [-0.25, -0.2) is 8.42 Å². The number of hydrogen-bond donors (Lipinski definition) is 1. The summed E-state index contributed by atoms with van der Waals surface area (Å²) in [7, 11) is -3.48. The molecule has 1 aliphatic rings. The molecular weight excluding hydrogens is 398 g/mol. The van der Waals surface area contributed by atoms with E-state index in [1.165, 1.54) is 10.4 Å². The van der Waals surface area contributed by atoms with E-state index in [0.717, 1.165) is 29.9 Å². The van der Waals surface area contributed by atoms with E-state index in [2.05, 4.69) is 26.1 Å². The van der Waals surface area contributed by atoms with E-state index in [-0.39, 0.29) is 10.1 Å². The van der Waals surface area contributed by atoms with Gasteiger partial charge in [-0.2, -0.15) is 9.40 Å². The van der Waals surface area contributed by atoms with Gasteiger partial charge in [-0.15, -0.1) is 11.3 Å². The molecule has 0 bridgehead atoms. The van der Waals surface area contributed by atoms with Gasteiger partial charge in [-0.1, -0.05) is 11.6 Å². The topological polar surface area (TPSA) is 66.1 Å². The van der Waals surface area contributed by atoms with Crippen molar-refractivity contribution in [1.29, 1.82) is 0 Å². The van der Waals surface area contributed by atoms with Gasteiger partial charge in [0.1, 0.15) is 4.21 Å². The average Bonchev–Trinajstić information content (AvgIpc) is 3.10. The minimum absolute atomic E-state index is 0.162. The number of piperidine rings is 1. The molecule has 0 spiro atoms. The van der Waals surface area contributed by atoms with Crippen molar-refractivity contribution in [2.24, 2.45) is 0 Å². The van der Waals surface area contributed by atoms with Crippen LogP contribution in [0.25, 0.3) is 0 Å². The number of rotatable bonds is 3. The highest BCUT2D eigenvalue weighted by molar-refractivity contribution is 9.11. The zero-order valence-corrected chi connectivity index (χ0v) is 14.9. The second kappa shape index (κ2) is 6.00. The Morgan fingerprint density at radius 2 is 2.33 bits per heavy atom. The van der Waals surface area contributed by atoms with Gasteiger partial charge in [-0.3, -0.25) is 5.10 Å². The SMILES string of the molecule is O=S(=O)(c1cc(Cl)c(Br)s1)N1CCCC(c2ccn[nH]2)C1. The van der Waals surface area contributed by atoms with E-state index >= 15 is 0 Å². The first-order chi connectivity index (χ1) is 9.98. The van der Waals surface area contributed by atoms with Gasteiger partial charge in [0.15, 0.2) is 0 Å². The molecule has 1 N–H and O–H groups in total. The number of hydrogen-bond acceptors (Lipinski definition) is 4. The highest BCUT2D eigenvalue weighted by Gasteiger charge is 2.32. The molecule has 5 nitrogen and oxygen atoms in total. The predicted molar refractivity (Wildman–Crippen MR) is 86.4 cm³/mol. The highest BCUT2D eigenvalue weighted by atomic mass is 79.9. The fraction of sp³-hybridized carbons (Fsp3) is 0.417. The van der Waals surface area contributed by atoms with E-state index in [1.54, 1.807) is 6.20 Å². The van der Waals surface area contributed by atoms with Crippen LogP contribution in [-0.2, 0) is 10.0 Å². The van der Waals surface area contributed by atoms with Crippen molar-refractivity contribution in [3.63, 3.8) is 0 Å². The zero-order valence-electron chi connectivity index (χ0n) is 10.9. The van der Waals surface area contributed by atoms with Crippen LogP contribution in [-0.4, -0.2) is 36.0 Å². The standard InChI is InChI=1S/C12H13BrClN3O2S2/c13-12-9(14)6-11(20-12)21(18,19)17-5-1-2-8(7-17)10-3-4-15-16-10/h3-4,6,8H,1-2,5,7H2,(H,15,16). The fourth-order valence-corrected chi connectivity index (χ4v) is 6.57. The van der Waals surface area contributed by atoms with Crippen LogP contribution < -0.4 is 0 Å². The summed E-state index contributed by atoms with van der Waals surface area (Å²) in [6.45, 7) is 1.01. The molecule has 0 radical (unpaired) electrons. The summed E-state index contributed by atoms with van der Waals surface area (Å²) in [5.74, 6) is 0.162. The molecule has 0 saturated carbocycles. The summed E-state index contributed by atoms with van der Waals surface area (Å²) in [5, 5.41) is 7.31. The third kappa shape index (κ3) is 3.05. The summed E-state index contributed by atoms with van der Waals surface area (Å²) in [6.07, 6.45) is 3.49. The van der Waals surface area contributed by atoms with Gasteiger partial charge >= 0.3 is 0 Å². The van der Waals surface area contributed by atoms with E-state index < -0.39 is 10.0 Å². The van der Waals surface area contributed by atoms with Crippen molar-refractivity contribution in [1.82, 2.24) is 14.5 Å². The molecule has 1 saturated heterocycles. The molecule has 114 valence electrons. The molecule has 0 aromatic carbocycles. The lowest BCUT2D eigenvalue weighted by atomic mass is 9.96. The van der Waals surface area contributed by atoms with Gasteiger partial charge in [0.25, 0.3) is 10.0 Å². The van der Waals surface area contributed by atoms with E-state index in [4.69, 9.17) is 11.6 Å². The molecule has 2 aromatic heterocycles. The van der Waals surface area contributed by atoms with Crippen molar-refractivity contribution in [3.05, 3.63) is 32.8 Å². The lowest BCUT2D eigenvalue weighted by Crippen LogP contribution is -2.38. The lowest BCUT2D eigenvalue weighted by Gasteiger charge is -2.30. The summed E-state index contributed by atoms with van der Waals surface area (Å²) in [5.41, 5.74) is 0.986. The van der Waals surface area contributed by atoms with E-state index in [0.29, 0.717) is 21.9 Å². The molecule has 1 fully saturated rings. The zero-order chi connectivity index (χ0) is 15.0. The third-order valence-corrected chi connectivity index (χ3v) is 8.35. The molecule has 1 atom stereocenters. The molecular formula is C12H13BrClN3O2S2. The van der Waals surface area contributed by atoms with Crippen LogP contribution in [0.3, 0.4) is 0 Å². The Morgan fingerprint density at radius 1 is 1.52 bits per heavy atom. The lowest BCUT2D eigenvalue weighted by molar-refractivity contribution is 0.313. The van der Waals surface area contributed by atoms with Gasteiger partial charge in [0.05, 0.1) is 8.81 Å². The Labute approximate surface area is 140 Å². The molecule has 21 heavy (non-hydrogen) atoms. The summed E-state index contributed by atoms with van der Waals surface area (Å²) >= 11 is 10.4. The normalized spacial score (nSPS) is 20.8. The maximum Gasteiger partial charge on any atom is 0.252 e. The van der Waals surface area contributed by atoms with Crippen LogP contribution in [0.1, 0.15) is 24.5 Å². The number of H-pyrrole nitrogens is 1. The minimum atomic E-state index is -3.48. The van der Waals surface area contributed by atoms with Crippen molar-refractivity contribution in [2.45, 2.75) is 23.0 Å². The van der Waals surface area contributed by atoms with E-state index in [1.807, 2.05) is 6.07 Å². The smallest absolute Gasteiger partial charge is 0.252 e. The Hall–Kier alpha value is -0.410. The second-order valence-corrected chi connectivity index (χ2v) is 9.84. The molecule has 1 unspecified atom stereocenters. The Bertz CT molecular complexity index is 710. The third-order valence-electron chi connectivity index (χ3n) is 3.56. The van der Waals surface area contributed by atoms with Gasteiger partial charge in [0.2, 0.25) is 0 Å². The van der Waals surface area contributed by atoms with Crippen LogP contribution >= 0.6 is 38.9 Å². The largest absolute Gasteiger partial charge is 0.282 e. The maximum atomic E-state index is 12.7. The molecule has 0 aliphatic carbocycles. The molecule has 3 heterocycles. The first-order valence-corrected chi connectivity index (χ1v) is 9.85. The Balaban J connectivity index is 1.85. The molecule has 0 amide bonds. The number of aromatic nitrogens is 2. The van der Waals surface area contributed by atoms with Crippen LogP contribution in [0.2, 0.25) is 5.02 Å². The van der Waals surface area contributed by atoms with E-state index in [9.17, 15) is 8.42 Å². The average molecular weight is 411 g/mol. The highest BCUT2D eigenvalue weighted by Crippen LogP contribution is 2.37. The van der Waals surface area contributed by atoms with Crippen molar-refractivity contribution >= 4 is 48.9 Å². The van der Waals surface area contributed by atoms with Crippen LogP contribution in [0.5, 0.6) is 0 Å². The number of nitrogens with one attached hydrogen (secondary N) is 1. The van der Waals surface area contributed by atoms with Crippen LogP contribution in [0, 0.1) is 0 Å². The Kier molecular flexibility index (Phi) is 4.42. The number of sulfonamides is 1. The number of aromatic amines is 1. The second-order valence-electron chi connectivity index (χ2n) is 4.90. The number of halogens is 2. The maximum absolute atomic E-state index is 12.7. The van der Waals surface area contributed by atoms with Gasteiger partial charge in [-0.05, 0) is 40.9 Å². The molecule has 2 aromatic rings. The van der Waals surface area contributed by atoms with Crippen molar-refractivity contribution < 1.29 is 8.42 Å². The van der Waals surface area contributed by atoms with Gasteiger partial charge < -0.3 is 0 Å². The predicted octanol–water partition coefficient (Wildman–Crippen LogP) is 3.46. The summed E-state index contributed by atoms with van der Waals surface area (Å²) in [4.78, 5) is 0. The fourth-order valence-electron chi connectivity index (χ4n) is 2.49. The summed E-state index contributed by atoms with van der Waals surface area (Å²) < 4.78 is 27.9. The van der Waals surface area contributed by atoms with Crippen molar-refractivity contribution in [2.75, 3.05) is 13.1 Å². The quantitative estimate of drug-likeness (QED) is 0.842. The first kappa shape index (κ1) is 15.5. The monoisotopic (exact) mass is 409 g/mol.